The van der Waals surface area contributed by atoms with E-state index in [4.69, 9.17) is 22.5 Å². The Labute approximate surface area is 168 Å². The number of rotatable bonds is 5. The summed E-state index contributed by atoms with van der Waals surface area (Å²) >= 11 is 6.04. The zero-order valence-electron chi connectivity index (χ0n) is 15.1. The van der Waals surface area contributed by atoms with E-state index in [9.17, 15) is 9.59 Å². The third kappa shape index (κ3) is 5.96. The van der Waals surface area contributed by atoms with Gasteiger partial charge in [0.15, 0.2) is 0 Å². The van der Waals surface area contributed by atoms with Crippen LogP contribution >= 0.6 is 11.6 Å². The molecule has 0 aliphatic rings. The molecule has 0 bridgehead atoms. The van der Waals surface area contributed by atoms with Gasteiger partial charge in [-0.1, -0.05) is 47.7 Å². The summed E-state index contributed by atoms with van der Waals surface area (Å²) in [6, 6.07) is 12.3. The second-order valence-corrected chi connectivity index (χ2v) is 6.40. The van der Waals surface area contributed by atoms with Crippen LogP contribution in [0.1, 0.15) is 28.4 Å². The minimum absolute atomic E-state index is 0.357. The maximum atomic E-state index is 12.3. The van der Waals surface area contributed by atoms with Gasteiger partial charge in [-0.3, -0.25) is 14.8 Å². The van der Waals surface area contributed by atoms with Crippen molar-refractivity contribution in [2.24, 2.45) is 5.73 Å². The van der Waals surface area contributed by atoms with Crippen LogP contribution in [0.25, 0.3) is 6.08 Å². The molecule has 0 aliphatic carbocycles. The third-order valence-electron chi connectivity index (χ3n) is 3.82. The Bertz CT molecular complexity index is 928. The number of benzene rings is 2. The maximum Gasteiger partial charge on any atom is 0.267 e. The number of carbonyl (C=O) groups is 2. The normalized spacial score (nSPS) is 12.6. The van der Waals surface area contributed by atoms with Gasteiger partial charge >= 0.3 is 0 Å². The number of halogens is 1. The van der Waals surface area contributed by atoms with E-state index >= 15 is 0 Å². The highest BCUT2D eigenvalue weighted by Crippen LogP contribution is 2.13. The van der Waals surface area contributed by atoms with Crippen molar-refractivity contribution in [3.63, 3.8) is 0 Å². The lowest BCUT2D eigenvalue weighted by Gasteiger charge is -2.20. The van der Waals surface area contributed by atoms with Gasteiger partial charge in [-0.05, 0) is 48.9 Å². The molecular formula is C21H20ClN3O3. The Morgan fingerprint density at radius 2 is 1.86 bits per heavy atom. The lowest BCUT2D eigenvalue weighted by molar-refractivity contribution is -0.131. The fourth-order valence-electron chi connectivity index (χ4n) is 2.30. The predicted molar refractivity (Wildman–Crippen MR) is 109 cm³/mol. The molecule has 0 saturated carbocycles. The van der Waals surface area contributed by atoms with Crippen molar-refractivity contribution in [3.05, 3.63) is 76.3 Å². The Morgan fingerprint density at radius 3 is 2.46 bits per heavy atom. The van der Waals surface area contributed by atoms with Crippen molar-refractivity contribution >= 4 is 29.5 Å². The first-order valence-electron chi connectivity index (χ1n) is 8.45. The average molecular weight is 398 g/mol. The van der Waals surface area contributed by atoms with E-state index in [0.29, 0.717) is 10.6 Å². The van der Waals surface area contributed by atoms with E-state index in [1.807, 2.05) is 18.2 Å². The van der Waals surface area contributed by atoms with Crippen LogP contribution < -0.4 is 16.5 Å². The van der Waals surface area contributed by atoms with Gasteiger partial charge in [0.25, 0.3) is 11.8 Å². The van der Waals surface area contributed by atoms with Crippen LogP contribution in [0, 0.1) is 11.8 Å². The quantitative estimate of drug-likeness (QED) is 0.353. The second kappa shape index (κ2) is 10.3. The van der Waals surface area contributed by atoms with E-state index in [0.717, 1.165) is 11.1 Å². The van der Waals surface area contributed by atoms with E-state index in [1.54, 1.807) is 49.4 Å². The Hall–Kier alpha value is -3.11. The highest BCUT2D eigenvalue weighted by Gasteiger charge is 2.24. The van der Waals surface area contributed by atoms with Crippen LogP contribution in [-0.2, 0) is 4.79 Å². The van der Waals surface area contributed by atoms with Gasteiger partial charge in [0.1, 0.15) is 6.04 Å². The topological polar surface area (TPSA) is 104 Å². The van der Waals surface area contributed by atoms with Crippen LogP contribution in [0.4, 0.5) is 0 Å². The summed E-state index contributed by atoms with van der Waals surface area (Å²) in [6.07, 6.45) is 3.49. The van der Waals surface area contributed by atoms with Gasteiger partial charge in [0, 0.05) is 17.2 Å². The van der Waals surface area contributed by atoms with E-state index in [2.05, 4.69) is 17.2 Å². The lowest BCUT2D eigenvalue weighted by atomic mass is 10.1. The monoisotopic (exact) mass is 397 g/mol. The first kappa shape index (κ1) is 21.2. The van der Waals surface area contributed by atoms with Crippen LogP contribution in [0.2, 0.25) is 5.02 Å². The summed E-state index contributed by atoms with van der Waals surface area (Å²) in [5, 5.41) is 11.8. The number of carbonyl (C=O) groups excluding carboxylic acids is 2. The third-order valence-corrected chi connectivity index (χ3v) is 4.15. The maximum absolute atomic E-state index is 12.3. The number of allylic oxidation sites excluding steroid dienone is 1. The fourth-order valence-corrected chi connectivity index (χ4v) is 2.48. The predicted octanol–water partition coefficient (Wildman–Crippen LogP) is 2.36. The molecule has 2 atom stereocenters. The summed E-state index contributed by atoms with van der Waals surface area (Å²) in [7, 11) is 0. The molecule has 6 nitrogen and oxygen atoms in total. The molecule has 2 rings (SSSR count). The van der Waals surface area contributed by atoms with Crippen molar-refractivity contribution in [2.45, 2.75) is 19.0 Å². The molecule has 0 spiro atoms. The molecule has 0 aromatic heterocycles. The van der Waals surface area contributed by atoms with Gasteiger partial charge in [-0.2, -0.15) is 0 Å². The SMILES string of the molecule is C[C@@H](N)[C@H](NC(=O)c1ccc(/C=C/C#Cc2ccccc2Cl)cc1)C(=O)NO. The molecular weight excluding hydrogens is 378 g/mol. The van der Waals surface area contributed by atoms with Gasteiger partial charge in [-0.25, -0.2) is 5.48 Å². The van der Waals surface area contributed by atoms with Crippen molar-refractivity contribution < 1.29 is 14.8 Å². The summed E-state index contributed by atoms with van der Waals surface area (Å²) in [4.78, 5) is 23.8. The molecule has 0 aliphatic heterocycles. The Morgan fingerprint density at radius 1 is 1.18 bits per heavy atom. The molecule has 2 amide bonds. The van der Waals surface area contributed by atoms with E-state index < -0.39 is 23.9 Å². The van der Waals surface area contributed by atoms with Crippen molar-refractivity contribution in [1.29, 1.82) is 0 Å². The molecule has 7 heteroatoms. The molecule has 0 unspecified atom stereocenters. The van der Waals surface area contributed by atoms with E-state index in [-0.39, 0.29) is 0 Å². The standard InChI is InChI=1S/C21H20ClN3O3/c1-14(23)19(21(27)25-28)24-20(26)17-12-10-15(11-13-17)6-2-3-7-16-8-4-5-9-18(16)22/h2,4-6,8-14,19,28H,23H2,1H3,(H,24,26)(H,25,27)/b6-2+/t14-,19+/m1/s1. The molecule has 144 valence electrons. The second-order valence-electron chi connectivity index (χ2n) is 5.99. The molecule has 5 N–H and O–H groups in total. The summed E-state index contributed by atoms with van der Waals surface area (Å²) in [5.41, 5.74) is 9.11. The minimum atomic E-state index is -1.04. The highest BCUT2D eigenvalue weighted by atomic mass is 35.5. The lowest BCUT2D eigenvalue weighted by Crippen LogP contribution is -2.54. The average Bonchev–Trinajstić information content (AvgIpc) is 2.70. The molecule has 2 aromatic rings. The molecule has 0 radical (unpaired) electrons. The Kier molecular flexibility index (Phi) is 7.78. The zero-order chi connectivity index (χ0) is 20.5. The largest absolute Gasteiger partial charge is 0.339 e. The zero-order valence-corrected chi connectivity index (χ0v) is 15.9. The van der Waals surface area contributed by atoms with Gasteiger partial charge in [0.05, 0.1) is 5.02 Å². The summed E-state index contributed by atoms with van der Waals surface area (Å²) in [5.74, 6) is 4.62. The number of hydrogen-bond donors (Lipinski definition) is 4. The van der Waals surface area contributed by atoms with Crippen LogP contribution in [0.15, 0.2) is 54.6 Å². The fraction of sp³-hybridized carbons (Fsp3) is 0.143. The molecule has 0 saturated heterocycles. The first-order chi connectivity index (χ1) is 13.4. The van der Waals surface area contributed by atoms with Crippen molar-refractivity contribution in [1.82, 2.24) is 10.8 Å². The van der Waals surface area contributed by atoms with Gasteiger partial charge < -0.3 is 11.1 Å². The van der Waals surface area contributed by atoms with Crippen molar-refractivity contribution in [2.75, 3.05) is 0 Å². The molecule has 0 heterocycles. The number of nitrogens with one attached hydrogen (secondary N) is 2. The number of amides is 2. The molecule has 28 heavy (non-hydrogen) atoms. The van der Waals surface area contributed by atoms with Crippen molar-refractivity contribution in [3.8, 4) is 11.8 Å². The number of nitrogens with two attached hydrogens (primary N) is 1. The molecule has 0 fully saturated rings. The number of hydrogen-bond acceptors (Lipinski definition) is 4. The smallest absolute Gasteiger partial charge is 0.267 e. The van der Waals surface area contributed by atoms with Gasteiger partial charge in [0.2, 0.25) is 0 Å². The summed E-state index contributed by atoms with van der Waals surface area (Å²) in [6.45, 7) is 1.55. The summed E-state index contributed by atoms with van der Waals surface area (Å²) < 4.78 is 0. The first-order valence-corrected chi connectivity index (χ1v) is 8.83. The van der Waals surface area contributed by atoms with E-state index in [1.165, 1.54) is 5.48 Å². The van der Waals surface area contributed by atoms with Crippen LogP contribution in [0.3, 0.4) is 0 Å². The van der Waals surface area contributed by atoms with Crippen LogP contribution in [-0.4, -0.2) is 29.1 Å². The molecule has 2 aromatic carbocycles. The van der Waals surface area contributed by atoms with Crippen LogP contribution in [0.5, 0.6) is 0 Å². The van der Waals surface area contributed by atoms with Gasteiger partial charge in [-0.15, -0.1) is 0 Å². The highest BCUT2D eigenvalue weighted by molar-refractivity contribution is 6.31. The number of hydroxylamine groups is 1. The minimum Gasteiger partial charge on any atom is -0.339 e. The Balaban J connectivity index is 2.02.